The minimum atomic E-state index is -3.08. The van der Waals surface area contributed by atoms with Crippen molar-refractivity contribution in [1.29, 1.82) is 0 Å². The number of carbonyl (C=O) groups excluding carboxylic acids is 1. The quantitative estimate of drug-likeness (QED) is 0.427. The number of Topliss-reactive ketones (excluding diaryl/α,β-unsaturated/α-hetero) is 1. The molecule has 0 saturated heterocycles. The van der Waals surface area contributed by atoms with E-state index in [9.17, 15) is 23.7 Å². The van der Waals surface area contributed by atoms with Crippen molar-refractivity contribution < 1.29 is 28.0 Å². The van der Waals surface area contributed by atoms with E-state index >= 15 is 0 Å². The van der Waals surface area contributed by atoms with Crippen LogP contribution < -0.4 is 9.47 Å². The third-order valence-electron chi connectivity index (χ3n) is 3.32. The van der Waals surface area contributed by atoms with E-state index in [2.05, 4.69) is 4.74 Å². The molecule has 2 rings (SSSR count). The summed E-state index contributed by atoms with van der Waals surface area (Å²) in [4.78, 5) is 22.7. The number of nitro groups is 1. The Morgan fingerprint density at radius 1 is 1.12 bits per heavy atom. The highest BCUT2D eigenvalue weighted by Crippen LogP contribution is 2.28. The van der Waals surface area contributed by atoms with E-state index in [-0.39, 0.29) is 22.7 Å². The molecule has 0 atom stereocenters. The lowest BCUT2D eigenvalue weighted by Gasteiger charge is -2.12. The van der Waals surface area contributed by atoms with Crippen LogP contribution in [0.25, 0.3) is 0 Å². The van der Waals surface area contributed by atoms with Crippen LogP contribution in [0.15, 0.2) is 36.4 Å². The molecule has 0 bridgehead atoms. The molecule has 0 unspecified atom stereocenters. The molecule has 0 N–H and O–H groups in total. The normalized spacial score (nSPS) is 10.6. The number of ketones is 1. The molecule has 0 radical (unpaired) electrons. The topological polar surface area (TPSA) is 78.7 Å². The average Bonchev–Trinajstić information content (AvgIpc) is 2.54. The molecular weight excluding hydrogens is 336 g/mol. The van der Waals surface area contributed by atoms with Gasteiger partial charge in [0.05, 0.1) is 10.5 Å². The van der Waals surface area contributed by atoms with E-state index in [1.54, 1.807) is 19.9 Å². The second-order valence-electron chi connectivity index (χ2n) is 5.32. The zero-order valence-corrected chi connectivity index (χ0v) is 13.5. The van der Waals surface area contributed by atoms with Gasteiger partial charge in [-0.25, -0.2) is 0 Å². The summed E-state index contributed by atoms with van der Waals surface area (Å²) in [6, 6.07) is 8.49. The lowest BCUT2D eigenvalue weighted by Crippen LogP contribution is -2.15. The van der Waals surface area contributed by atoms with Crippen molar-refractivity contribution in [2.24, 2.45) is 0 Å². The number of nitrogens with zero attached hydrogens (tertiary/aromatic N) is 1. The van der Waals surface area contributed by atoms with Crippen LogP contribution in [-0.2, 0) is 0 Å². The van der Waals surface area contributed by atoms with Crippen LogP contribution in [-0.4, -0.2) is 23.9 Å². The SMILES string of the molecule is Cc1ccc(OC(F)F)c(C(=O)COc2ccc(C)cc2[N+](=O)[O-])c1. The Kier molecular flexibility index (Phi) is 5.63. The molecule has 0 saturated carbocycles. The van der Waals surface area contributed by atoms with Gasteiger partial charge in [0, 0.05) is 6.07 Å². The number of carbonyl (C=O) groups is 1. The summed E-state index contributed by atoms with van der Waals surface area (Å²) in [5, 5.41) is 11.0. The molecule has 2 aromatic rings. The molecule has 0 fully saturated rings. The Balaban J connectivity index is 2.21. The maximum atomic E-state index is 12.5. The monoisotopic (exact) mass is 351 g/mol. The number of benzene rings is 2. The van der Waals surface area contributed by atoms with Gasteiger partial charge in [0.2, 0.25) is 5.78 Å². The molecule has 0 aliphatic carbocycles. The minimum absolute atomic E-state index is 0.0740. The maximum Gasteiger partial charge on any atom is 0.387 e. The van der Waals surface area contributed by atoms with Crippen LogP contribution in [0.1, 0.15) is 21.5 Å². The molecule has 0 amide bonds. The largest absolute Gasteiger partial charge is 0.478 e. The van der Waals surface area contributed by atoms with Gasteiger partial charge >= 0.3 is 12.3 Å². The molecule has 0 aliphatic rings. The van der Waals surface area contributed by atoms with Gasteiger partial charge < -0.3 is 9.47 Å². The Morgan fingerprint density at radius 2 is 1.72 bits per heavy atom. The molecule has 132 valence electrons. The summed E-state index contributed by atoms with van der Waals surface area (Å²) in [6.45, 7) is -0.252. The van der Waals surface area contributed by atoms with Crippen LogP contribution in [0, 0.1) is 24.0 Å². The lowest BCUT2D eigenvalue weighted by molar-refractivity contribution is -0.385. The number of hydrogen-bond acceptors (Lipinski definition) is 5. The van der Waals surface area contributed by atoms with E-state index in [4.69, 9.17) is 4.74 Å². The third kappa shape index (κ3) is 4.72. The Morgan fingerprint density at radius 3 is 2.32 bits per heavy atom. The van der Waals surface area contributed by atoms with Crippen molar-refractivity contribution in [3.05, 3.63) is 63.2 Å². The molecule has 2 aromatic carbocycles. The number of hydrogen-bond donors (Lipinski definition) is 0. The fourth-order valence-corrected chi connectivity index (χ4v) is 2.17. The highest BCUT2D eigenvalue weighted by atomic mass is 19.3. The first kappa shape index (κ1) is 18.3. The van der Waals surface area contributed by atoms with Crippen molar-refractivity contribution >= 4 is 11.5 Å². The molecule has 6 nitrogen and oxygen atoms in total. The summed E-state index contributed by atoms with van der Waals surface area (Å²) >= 11 is 0. The summed E-state index contributed by atoms with van der Waals surface area (Å²) < 4.78 is 34.5. The zero-order chi connectivity index (χ0) is 18.6. The first-order valence-corrected chi connectivity index (χ1v) is 7.24. The maximum absolute atomic E-state index is 12.5. The van der Waals surface area contributed by atoms with Gasteiger partial charge in [-0.3, -0.25) is 14.9 Å². The number of aryl methyl sites for hydroxylation is 2. The zero-order valence-electron chi connectivity index (χ0n) is 13.5. The fourth-order valence-electron chi connectivity index (χ4n) is 2.17. The number of rotatable bonds is 7. The van der Waals surface area contributed by atoms with Crippen LogP contribution in [0.2, 0.25) is 0 Å². The molecule has 0 heterocycles. The van der Waals surface area contributed by atoms with Crippen molar-refractivity contribution in [1.82, 2.24) is 0 Å². The predicted octanol–water partition coefficient (Wildman–Crippen LogP) is 4.07. The summed E-state index contributed by atoms with van der Waals surface area (Å²) in [5.74, 6) is -0.977. The standard InChI is InChI=1S/C17H15F2NO5/c1-10-3-5-15(25-17(18)19)12(7-10)14(21)9-24-16-6-4-11(2)8-13(16)20(22)23/h3-8,17H,9H2,1-2H3. The van der Waals surface area contributed by atoms with Crippen LogP contribution in [0.4, 0.5) is 14.5 Å². The van der Waals surface area contributed by atoms with E-state index < -0.39 is 23.9 Å². The molecule has 8 heteroatoms. The number of alkyl halides is 2. The van der Waals surface area contributed by atoms with E-state index in [0.717, 1.165) is 0 Å². The van der Waals surface area contributed by atoms with E-state index in [1.807, 2.05) is 0 Å². The van der Waals surface area contributed by atoms with Gasteiger partial charge in [-0.05, 0) is 37.6 Å². The molecule has 0 aliphatic heterocycles. The third-order valence-corrected chi connectivity index (χ3v) is 3.32. The first-order valence-electron chi connectivity index (χ1n) is 7.24. The average molecular weight is 351 g/mol. The van der Waals surface area contributed by atoms with Gasteiger partial charge in [0.1, 0.15) is 5.75 Å². The smallest absolute Gasteiger partial charge is 0.387 e. The summed E-state index contributed by atoms with van der Waals surface area (Å²) in [6.07, 6.45) is 0. The first-order chi connectivity index (χ1) is 11.8. The van der Waals surface area contributed by atoms with E-state index in [0.29, 0.717) is 11.1 Å². The van der Waals surface area contributed by atoms with Crippen LogP contribution in [0.5, 0.6) is 11.5 Å². The van der Waals surface area contributed by atoms with Gasteiger partial charge in [-0.2, -0.15) is 8.78 Å². The summed E-state index contributed by atoms with van der Waals surface area (Å²) in [7, 11) is 0. The van der Waals surface area contributed by atoms with Gasteiger partial charge in [0.25, 0.3) is 0 Å². The van der Waals surface area contributed by atoms with Crippen molar-refractivity contribution in [3.8, 4) is 11.5 Å². The lowest BCUT2D eigenvalue weighted by atomic mass is 10.1. The number of halogens is 2. The Labute approximate surface area is 142 Å². The highest BCUT2D eigenvalue weighted by molar-refractivity contribution is 6.00. The minimum Gasteiger partial charge on any atom is -0.478 e. The van der Waals surface area contributed by atoms with Crippen molar-refractivity contribution in [2.45, 2.75) is 20.5 Å². The fraction of sp³-hybridized carbons (Fsp3) is 0.235. The van der Waals surface area contributed by atoms with Gasteiger partial charge in [0.15, 0.2) is 12.4 Å². The van der Waals surface area contributed by atoms with Crippen LogP contribution >= 0.6 is 0 Å². The Hall–Kier alpha value is -3.03. The molecule has 25 heavy (non-hydrogen) atoms. The van der Waals surface area contributed by atoms with Gasteiger partial charge in [-0.1, -0.05) is 17.7 Å². The molecule has 0 spiro atoms. The number of nitro benzene ring substituents is 1. The van der Waals surface area contributed by atoms with Gasteiger partial charge in [-0.15, -0.1) is 0 Å². The molecular formula is C17H15F2NO5. The predicted molar refractivity (Wildman–Crippen MR) is 85.5 cm³/mol. The van der Waals surface area contributed by atoms with Crippen molar-refractivity contribution in [3.63, 3.8) is 0 Å². The van der Waals surface area contributed by atoms with Crippen molar-refractivity contribution in [2.75, 3.05) is 6.61 Å². The summed E-state index contributed by atoms with van der Waals surface area (Å²) in [5.41, 5.74) is 0.985. The Bertz CT molecular complexity index is 808. The number of ether oxygens (including phenoxy) is 2. The highest BCUT2D eigenvalue weighted by Gasteiger charge is 2.20. The van der Waals surface area contributed by atoms with E-state index in [1.165, 1.54) is 30.3 Å². The molecule has 0 aromatic heterocycles. The second-order valence-corrected chi connectivity index (χ2v) is 5.32. The van der Waals surface area contributed by atoms with Crippen LogP contribution in [0.3, 0.4) is 0 Å². The second kappa shape index (κ2) is 7.69.